The van der Waals surface area contributed by atoms with Crippen LogP contribution in [0.2, 0.25) is 0 Å². The van der Waals surface area contributed by atoms with Gasteiger partial charge < -0.3 is 9.64 Å². The summed E-state index contributed by atoms with van der Waals surface area (Å²) < 4.78 is 19.5. The fraction of sp³-hybridized carbons (Fsp3) is 0.316. The molecule has 0 radical (unpaired) electrons. The van der Waals surface area contributed by atoms with Gasteiger partial charge in [-0.2, -0.15) is 0 Å². The van der Waals surface area contributed by atoms with Crippen LogP contribution in [0.5, 0.6) is 5.75 Å². The fourth-order valence-electron chi connectivity index (χ4n) is 2.34. The molecule has 0 N–H and O–H groups in total. The Bertz CT molecular complexity index is 725. The molecule has 1 amide bonds. The lowest BCUT2D eigenvalue weighted by Gasteiger charge is -2.19. The van der Waals surface area contributed by atoms with Crippen LogP contribution in [0.15, 0.2) is 36.4 Å². The number of rotatable bonds is 4. The Labute approximate surface area is 136 Å². The van der Waals surface area contributed by atoms with E-state index in [1.165, 1.54) is 22.6 Å². The van der Waals surface area contributed by atoms with Crippen molar-refractivity contribution < 1.29 is 13.9 Å². The Kier molecular flexibility index (Phi) is 5.04. The first-order chi connectivity index (χ1) is 10.8. The van der Waals surface area contributed by atoms with Gasteiger partial charge in [0.15, 0.2) is 6.10 Å². The predicted molar refractivity (Wildman–Crippen MR) is 90.1 cm³/mol. The van der Waals surface area contributed by atoms with Gasteiger partial charge in [-0.3, -0.25) is 4.79 Å². The van der Waals surface area contributed by atoms with Crippen LogP contribution in [0.4, 0.5) is 4.39 Å². The van der Waals surface area contributed by atoms with E-state index >= 15 is 0 Å². The number of carbonyl (C=O) groups excluding carboxylic acids is 1. The van der Waals surface area contributed by atoms with Gasteiger partial charge in [-0.05, 0) is 55.2 Å². The summed E-state index contributed by atoms with van der Waals surface area (Å²) in [4.78, 5) is 13.3. The molecule has 0 aliphatic rings. The van der Waals surface area contributed by atoms with E-state index in [1.54, 1.807) is 27.1 Å². The van der Waals surface area contributed by atoms with E-state index in [1.807, 2.05) is 32.0 Å². The first kappa shape index (κ1) is 17.0. The minimum atomic E-state index is -0.667. The molecule has 2 aromatic rings. The highest BCUT2D eigenvalue weighted by atomic mass is 19.1. The Morgan fingerprint density at radius 2 is 1.74 bits per heavy atom. The topological polar surface area (TPSA) is 29.5 Å². The number of hydrogen-bond acceptors (Lipinski definition) is 2. The average molecular weight is 315 g/mol. The van der Waals surface area contributed by atoms with E-state index in [4.69, 9.17) is 4.74 Å². The third-order valence-electron chi connectivity index (χ3n) is 3.81. The lowest BCUT2D eigenvalue weighted by Crippen LogP contribution is -2.35. The van der Waals surface area contributed by atoms with Crippen LogP contribution >= 0.6 is 0 Å². The molecule has 0 spiro atoms. The molecular weight excluding hydrogens is 293 g/mol. The van der Waals surface area contributed by atoms with Crippen molar-refractivity contribution in [2.24, 2.45) is 0 Å². The minimum absolute atomic E-state index is 0.165. The van der Waals surface area contributed by atoms with Crippen LogP contribution in [0, 0.1) is 19.7 Å². The van der Waals surface area contributed by atoms with Gasteiger partial charge in [-0.25, -0.2) is 4.39 Å². The Morgan fingerprint density at radius 1 is 1.04 bits per heavy atom. The number of ether oxygens (including phenoxy) is 1. The van der Waals surface area contributed by atoms with Crippen molar-refractivity contribution in [3.05, 3.63) is 53.3 Å². The SMILES string of the molecule is Cc1ccc(-c2cc(F)cc(OC(C)C(=O)N(C)C)c2)cc1C. The standard InChI is InChI=1S/C19H22FNO2/c1-12-6-7-15(8-13(12)2)16-9-17(20)11-18(10-16)23-14(3)19(22)21(4)5/h6-11,14H,1-5H3. The summed E-state index contributed by atoms with van der Waals surface area (Å²) in [6.45, 7) is 5.71. The van der Waals surface area contributed by atoms with Crippen LogP contribution < -0.4 is 4.74 Å². The maximum atomic E-state index is 13.9. The van der Waals surface area contributed by atoms with Crippen molar-refractivity contribution in [1.29, 1.82) is 0 Å². The highest BCUT2D eigenvalue weighted by molar-refractivity contribution is 5.80. The van der Waals surface area contributed by atoms with Gasteiger partial charge in [0.25, 0.3) is 5.91 Å². The second kappa shape index (κ2) is 6.82. The lowest BCUT2D eigenvalue weighted by atomic mass is 10.0. The Hall–Kier alpha value is -2.36. The fourth-order valence-corrected chi connectivity index (χ4v) is 2.34. The van der Waals surface area contributed by atoms with Crippen molar-refractivity contribution in [3.8, 4) is 16.9 Å². The molecule has 23 heavy (non-hydrogen) atoms. The second-order valence-corrected chi connectivity index (χ2v) is 5.97. The summed E-state index contributed by atoms with van der Waals surface area (Å²) in [5.41, 5.74) is 3.98. The van der Waals surface area contributed by atoms with Gasteiger partial charge >= 0.3 is 0 Å². The smallest absolute Gasteiger partial charge is 0.262 e. The highest BCUT2D eigenvalue weighted by Crippen LogP contribution is 2.27. The van der Waals surface area contributed by atoms with E-state index in [0.29, 0.717) is 5.75 Å². The molecule has 0 aliphatic heterocycles. The molecule has 0 aromatic heterocycles. The van der Waals surface area contributed by atoms with E-state index in [0.717, 1.165) is 16.7 Å². The molecule has 2 rings (SSSR count). The third-order valence-corrected chi connectivity index (χ3v) is 3.81. The summed E-state index contributed by atoms with van der Waals surface area (Å²) in [7, 11) is 3.32. The zero-order valence-electron chi connectivity index (χ0n) is 14.2. The van der Waals surface area contributed by atoms with Crippen molar-refractivity contribution in [1.82, 2.24) is 4.90 Å². The molecule has 0 fully saturated rings. The monoisotopic (exact) mass is 315 g/mol. The van der Waals surface area contributed by atoms with Gasteiger partial charge in [0.05, 0.1) is 0 Å². The first-order valence-electron chi connectivity index (χ1n) is 7.54. The molecule has 4 heteroatoms. The summed E-state index contributed by atoms with van der Waals surface area (Å²) in [5, 5.41) is 0. The van der Waals surface area contributed by atoms with E-state index in [9.17, 15) is 9.18 Å². The van der Waals surface area contributed by atoms with Gasteiger partial charge in [0.2, 0.25) is 0 Å². The van der Waals surface area contributed by atoms with E-state index in [2.05, 4.69) is 0 Å². The van der Waals surface area contributed by atoms with Crippen molar-refractivity contribution >= 4 is 5.91 Å². The number of nitrogens with zero attached hydrogens (tertiary/aromatic N) is 1. The second-order valence-electron chi connectivity index (χ2n) is 5.97. The summed E-state index contributed by atoms with van der Waals surface area (Å²) in [6.07, 6.45) is -0.667. The number of benzene rings is 2. The van der Waals surface area contributed by atoms with E-state index in [-0.39, 0.29) is 11.7 Å². The first-order valence-corrected chi connectivity index (χ1v) is 7.54. The van der Waals surface area contributed by atoms with Crippen LogP contribution in [0.3, 0.4) is 0 Å². The number of amides is 1. The van der Waals surface area contributed by atoms with Crippen LogP contribution in [0.25, 0.3) is 11.1 Å². The molecular formula is C19H22FNO2. The normalized spacial score (nSPS) is 11.9. The van der Waals surface area contributed by atoms with Gasteiger partial charge in [-0.15, -0.1) is 0 Å². The summed E-state index contributed by atoms with van der Waals surface area (Å²) in [6, 6.07) is 10.5. The number of halogens is 1. The average Bonchev–Trinajstić information content (AvgIpc) is 2.48. The zero-order valence-corrected chi connectivity index (χ0v) is 14.2. The maximum Gasteiger partial charge on any atom is 0.262 e. The number of carbonyl (C=O) groups is 1. The van der Waals surface area contributed by atoms with E-state index < -0.39 is 6.10 Å². The van der Waals surface area contributed by atoms with Gasteiger partial charge in [0, 0.05) is 20.2 Å². The van der Waals surface area contributed by atoms with Crippen LogP contribution in [-0.2, 0) is 4.79 Å². The molecule has 2 aromatic carbocycles. The summed E-state index contributed by atoms with van der Waals surface area (Å²) in [5.74, 6) is -0.205. The lowest BCUT2D eigenvalue weighted by molar-refractivity contribution is -0.135. The quantitative estimate of drug-likeness (QED) is 0.854. The molecule has 0 aliphatic carbocycles. The molecule has 1 unspecified atom stereocenters. The van der Waals surface area contributed by atoms with Crippen LogP contribution in [0.1, 0.15) is 18.1 Å². The van der Waals surface area contributed by atoms with Crippen LogP contribution in [-0.4, -0.2) is 31.0 Å². The van der Waals surface area contributed by atoms with Crippen molar-refractivity contribution in [3.63, 3.8) is 0 Å². The van der Waals surface area contributed by atoms with Gasteiger partial charge in [-0.1, -0.05) is 18.2 Å². The molecule has 1 atom stereocenters. The van der Waals surface area contributed by atoms with Gasteiger partial charge in [0.1, 0.15) is 11.6 Å². The number of hydrogen-bond donors (Lipinski definition) is 0. The summed E-state index contributed by atoms with van der Waals surface area (Å²) >= 11 is 0. The molecule has 0 saturated heterocycles. The molecule has 3 nitrogen and oxygen atoms in total. The zero-order chi connectivity index (χ0) is 17.1. The minimum Gasteiger partial charge on any atom is -0.481 e. The molecule has 122 valence electrons. The molecule has 0 bridgehead atoms. The number of likely N-dealkylation sites (N-methyl/N-ethyl adjacent to an activating group) is 1. The largest absolute Gasteiger partial charge is 0.481 e. The Morgan fingerprint density at radius 3 is 2.35 bits per heavy atom. The third kappa shape index (κ3) is 4.09. The van der Waals surface area contributed by atoms with Crippen molar-refractivity contribution in [2.45, 2.75) is 26.9 Å². The predicted octanol–water partition coefficient (Wildman–Crippen LogP) is 3.97. The highest BCUT2D eigenvalue weighted by Gasteiger charge is 2.17. The number of aryl methyl sites for hydroxylation is 2. The van der Waals surface area contributed by atoms with Crippen molar-refractivity contribution in [2.75, 3.05) is 14.1 Å². The molecule has 0 saturated carbocycles. The maximum absolute atomic E-state index is 13.9. The Balaban J connectivity index is 2.32. The molecule has 0 heterocycles.